The Hall–Kier alpha value is 0.160. The van der Waals surface area contributed by atoms with Gasteiger partial charge in [0.2, 0.25) is 10.0 Å². The van der Waals surface area contributed by atoms with Crippen LogP contribution < -0.4 is 0 Å². The summed E-state index contributed by atoms with van der Waals surface area (Å²) in [5.41, 5.74) is 0. The van der Waals surface area contributed by atoms with Crippen LogP contribution in [0.5, 0.6) is 0 Å². The van der Waals surface area contributed by atoms with Gasteiger partial charge in [0.05, 0.1) is 6.10 Å². The van der Waals surface area contributed by atoms with Crippen molar-refractivity contribution in [1.29, 1.82) is 0 Å². The number of alkyl halides is 1. The van der Waals surface area contributed by atoms with E-state index in [1.54, 1.807) is 0 Å². The van der Waals surface area contributed by atoms with E-state index in [-0.39, 0.29) is 11.3 Å². The Morgan fingerprint density at radius 1 is 1.57 bits per heavy atom. The van der Waals surface area contributed by atoms with Crippen LogP contribution in [0.4, 0.5) is 0 Å². The van der Waals surface area contributed by atoms with Gasteiger partial charge in [-0.25, -0.2) is 8.42 Å². The summed E-state index contributed by atoms with van der Waals surface area (Å²) in [6.45, 7) is 3.55. The molecule has 1 aliphatic heterocycles. The Morgan fingerprint density at radius 2 is 2.29 bits per heavy atom. The Bertz CT molecular complexity index is 266. The molecule has 0 aromatic rings. The van der Waals surface area contributed by atoms with E-state index >= 15 is 0 Å². The van der Waals surface area contributed by atoms with E-state index in [1.165, 1.54) is 4.31 Å². The second-order valence-corrected chi connectivity index (χ2v) is 5.85. The molecule has 6 heteroatoms. The van der Waals surface area contributed by atoms with Gasteiger partial charge >= 0.3 is 0 Å². The first-order valence-corrected chi connectivity index (χ1v) is 6.90. The van der Waals surface area contributed by atoms with E-state index < -0.39 is 10.0 Å². The maximum absolute atomic E-state index is 11.4. The summed E-state index contributed by atoms with van der Waals surface area (Å²) in [5.74, 6) is 0. The molecule has 1 aliphatic rings. The van der Waals surface area contributed by atoms with Gasteiger partial charge in [-0.05, 0) is 19.8 Å². The number of nitrogens with zero attached hydrogens (tertiary/aromatic N) is 1. The summed E-state index contributed by atoms with van der Waals surface area (Å²) in [6, 6.07) is 0. The molecule has 84 valence electrons. The molecule has 0 N–H and O–H groups in total. The zero-order valence-corrected chi connectivity index (χ0v) is 9.85. The zero-order valence-electron chi connectivity index (χ0n) is 8.28. The number of piperidine rings is 1. The molecule has 1 heterocycles. The minimum atomic E-state index is -3.25. The molecular formula is C8H16ClNO3S. The number of halogens is 1. The van der Waals surface area contributed by atoms with Crippen molar-refractivity contribution < 1.29 is 13.2 Å². The van der Waals surface area contributed by atoms with E-state index in [4.69, 9.17) is 16.3 Å². The largest absolute Gasteiger partial charge is 0.377 e. The van der Waals surface area contributed by atoms with Gasteiger partial charge in [0, 0.05) is 19.7 Å². The van der Waals surface area contributed by atoms with Gasteiger partial charge in [-0.1, -0.05) is 0 Å². The summed E-state index contributed by atoms with van der Waals surface area (Å²) < 4.78 is 29.7. The van der Waals surface area contributed by atoms with E-state index in [0.29, 0.717) is 19.7 Å². The van der Waals surface area contributed by atoms with Crippen LogP contribution in [0.1, 0.15) is 19.8 Å². The summed E-state index contributed by atoms with van der Waals surface area (Å²) >= 11 is 5.38. The van der Waals surface area contributed by atoms with E-state index in [9.17, 15) is 8.42 Å². The molecule has 1 unspecified atom stereocenters. The second-order valence-electron chi connectivity index (χ2n) is 3.30. The zero-order chi connectivity index (χ0) is 10.6. The molecule has 0 radical (unpaired) electrons. The molecule has 1 atom stereocenters. The predicted octanol–water partition coefficient (Wildman–Crippen LogP) is 1.01. The highest BCUT2D eigenvalue weighted by Gasteiger charge is 2.28. The molecule has 0 bridgehead atoms. The van der Waals surface area contributed by atoms with Crippen molar-refractivity contribution in [2.75, 3.05) is 24.9 Å². The molecule has 14 heavy (non-hydrogen) atoms. The molecular weight excluding hydrogens is 226 g/mol. The average Bonchev–Trinajstić information content (AvgIpc) is 2.19. The Balaban J connectivity index is 2.56. The first-order chi connectivity index (χ1) is 6.60. The van der Waals surface area contributed by atoms with E-state index in [2.05, 4.69) is 0 Å². The number of ether oxygens (including phenoxy) is 1. The summed E-state index contributed by atoms with van der Waals surface area (Å²) in [5, 5.41) is -0.341. The SMILES string of the molecule is CCOC1CCCN(S(=O)(=O)CCl)C1. The molecule has 0 aliphatic carbocycles. The Morgan fingerprint density at radius 3 is 2.86 bits per heavy atom. The van der Waals surface area contributed by atoms with Gasteiger partial charge in [0.25, 0.3) is 0 Å². The molecule has 0 spiro atoms. The van der Waals surface area contributed by atoms with Crippen molar-refractivity contribution in [3.63, 3.8) is 0 Å². The molecule has 0 aromatic heterocycles. The van der Waals surface area contributed by atoms with Crippen LogP contribution in [0.2, 0.25) is 0 Å². The predicted molar refractivity (Wildman–Crippen MR) is 55.9 cm³/mol. The average molecular weight is 242 g/mol. The van der Waals surface area contributed by atoms with Gasteiger partial charge in [0.1, 0.15) is 5.21 Å². The third kappa shape index (κ3) is 3.08. The van der Waals surface area contributed by atoms with Gasteiger partial charge in [0.15, 0.2) is 0 Å². The minimum Gasteiger partial charge on any atom is -0.377 e. The van der Waals surface area contributed by atoms with Crippen LogP contribution in [0.3, 0.4) is 0 Å². The highest BCUT2D eigenvalue weighted by atomic mass is 35.5. The number of sulfonamides is 1. The van der Waals surface area contributed by atoms with E-state index in [1.807, 2.05) is 6.92 Å². The molecule has 0 amide bonds. The first-order valence-electron chi connectivity index (χ1n) is 4.75. The quantitative estimate of drug-likeness (QED) is 0.691. The smallest absolute Gasteiger partial charge is 0.228 e. The molecule has 4 nitrogen and oxygen atoms in total. The number of hydrogen-bond donors (Lipinski definition) is 0. The minimum absolute atomic E-state index is 0.0340. The van der Waals surface area contributed by atoms with Crippen molar-refractivity contribution in [3.05, 3.63) is 0 Å². The van der Waals surface area contributed by atoms with Gasteiger partial charge < -0.3 is 4.74 Å². The van der Waals surface area contributed by atoms with Crippen LogP contribution in [-0.2, 0) is 14.8 Å². The van der Waals surface area contributed by atoms with Gasteiger partial charge in [-0.15, -0.1) is 11.6 Å². The molecule has 1 fully saturated rings. The van der Waals surface area contributed by atoms with Crippen LogP contribution in [0.15, 0.2) is 0 Å². The third-order valence-corrected chi connectivity index (χ3v) is 4.50. The van der Waals surface area contributed by atoms with Crippen molar-refractivity contribution in [3.8, 4) is 0 Å². The van der Waals surface area contributed by atoms with Crippen molar-refractivity contribution in [2.24, 2.45) is 0 Å². The van der Waals surface area contributed by atoms with Gasteiger partial charge in [-0.3, -0.25) is 0 Å². The fourth-order valence-corrected chi connectivity index (χ4v) is 2.95. The summed E-state index contributed by atoms with van der Waals surface area (Å²) in [7, 11) is -3.25. The standard InChI is InChI=1S/C8H16ClNO3S/c1-2-13-8-4-3-5-10(6-8)14(11,12)7-9/h8H,2-7H2,1H3. The maximum Gasteiger partial charge on any atom is 0.228 e. The summed E-state index contributed by atoms with van der Waals surface area (Å²) in [4.78, 5) is 0. The van der Waals surface area contributed by atoms with E-state index in [0.717, 1.165) is 12.8 Å². The Kier molecular flexibility index (Phi) is 4.63. The number of rotatable bonds is 4. The molecule has 1 saturated heterocycles. The lowest BCUT2D eigenvalue weighted by Crippen LogP contribution is -2.43. The Labute approximate surface area is 90.2 Å². The summed E-state index contributed by atoms with van der Waals surface area (Å²) in [6.07, 6.45) is 1.81. The number of hydrogen-bond acceptors (Lipinski definition) is 3. The van der Waals surface area contributed by atoms with Crippen molar-refractivity contribution in [1.82, 2.24) is 4.31 Å². The highest BCUT2D eigenvalue weighted by molar-refractivity contribution is 7.90. The topological polar surface area (TPSA) is 46.6 Å². The maximum atomic E-state index is 11.4. The van der Waals surface area contributed by atoms with Crippen LogP contribution in [0, 0.1) is 0 Å². The third-order valence-electron chi connectivity index (χ3n) is 2.27. The lowest BCUT2D eigenvalue weighted by atomic mass is 10.1. The van der Waals surface area contributed by atoms with Crippen LogP contribution >= 0.6 is 11.6 Å². The lowest BCUT2D eigenvalue weighted by Gasteiger charge is -2.30. The monoisotopic (exact) mass is 241 g/mol. The van der Waals surface area contributed by atoms with Crippen LogP contribution in [0.25, 0.3) is 0 Å². The van der Waals surface area contributed by atoms with Crippen LogP contribution in [-0.4, -0.2) is 43.7 Å². The van der Waals surface area contributed by atoms with Crippen molar-refractivity contribution in [2.45, 2.75) is 25.9 Å². The fourth-order valence-electron chi connectivity index (χ4n) is 1.60. The molecule has 1 rings (SSSR count). The molecule has 0 aromatic carbocycles. The first kappa shape index (κ1) is 12.2. The fraction of sp³-hybridized carbons (Fsp3) is 1.00. The second kappa shape index (κ2) is 5.30. The highest BCUT2D eigenvalue weighted by Crippen LogP contribution is 2.17. The van der Waals surface area contributed by atoms with Gasteiger partial charge in [-0.2, -0.15) is 4.31 Å². The normalized spacial score (nSPS) is 25.1. The van der Waals surface area contributed by atoms with Crippen molar-refractivity contribution >= 4 is 21.6 Å². The molecule has 0 saturated carbocycles. The lowest BCUT2D eigenvalue weighted by molar-refractivity contribution is 0.0266.